The summed E-state index contributed by atoms with van der Waals surface area (Å²) in [4.78, 5) is 22.9. The first-order chi connectivity index (χ1) is 14.5. The first-order valence-electron chi connectivity index (χ1n) is 11.7. The number of carbonyl (C=O) groups is 2. The van der Waals surface area contributed by atoms with Crippen LogP contribution in [0.2, 0.25) is 0 Å². The van der Waals surface area contributed by atoms with Crippen molar-refractivity contribution < 1.29 is 24.5 Å². The predicted octanol–water partition coefficient (Wildman–Crippen LogP) is 6.14. The van der Waals surface area contributed by atoms with Gasteiger partial charge < -0.3 is 14.9 Å². The summed E-state index contributed by atoms with van der Waals surface area (Å²) >= 11 is 0. The van der Waals surface area contributed by atoms with Crippen LogP contribution in [0.25, 0.3) is 0 Å². The van der Waals surface area contributed by atoms with Crippen molar-refractivity contribution in [1.29, 1.82) is 0 Å². The Morgan fingerprint density at radius 1 is 0.833 bits per heavy atom. The van der Waals surface area contributed by atoms with Gasteiger partial charge in [-0.05, 0) is 37.8 Å². The van der Waals surface area contributed by atoms with Gasteiger partial charge in [-0.1, -0.05) is 82.9 Å². The van der Waals surface area contributed by atoms with Crippen LogP contribution in [0, 0.1) is 0 Å². The van der Waals surface area contributed by atoms with E-state index in [4.69, 9.17) is 9.84 Å². The zero-order valence-corrected chi connectivity index (χ0v) is 18.6. The van der Waals surface area contributed by atoms with Crippen LogP contribution in [0.1, 0.15) is 107 Å². The number of aliphatic hydroxyl groups excluding tert-OH is 1. The number of carboxylic acid groups (broad SMARTS) is 1. The number of benzene rings is 1. The molecule has 5 nitrogen and oxygen atoms in total. The fourth-order valence-corrected chi connectivity index (χ4v) is 3.58. The average Bonchev–Trinajstić information content (AvgIpc) is 2.74. The van der Waals surface area contributed by atoms with Gasteiger partial charge in [-0.25, -0.2) is 4.79 Å². The Labute approximate surface area is 181 Å². The van der Waals surface area contributed by atoms with Gasteiger partial charge in [0.2, 0.25) is 0 Å². The molecule has 0 aromatic heterocycles. The van der Waals surface area contributed by atoms with Crippen molar-refractivity contribution >= 4 is 11.9 Å². The third-order valence-electron chi connectivity index (χ3n) is 5.43. The van der Waals surface area contributed by atoms with Crippen molar-refractivity contribution in [3.63, 3.8) is 0 Å². The summed E-state index contributed by atoms with van der Waals surface area (Å²) in [6.45, 7) is 2.13. The van der Waals surface area contributed by atoms with Gasteiger partial charge in [0.05, 0.1) is 11.7 Å². The molecule has 0 aliphatic rings. The Hall–Kier alpha value is -1.88. The third kappa shape index (κ3) is 12.6. The molecule has 5 heteroatoms. The van der Waals surface area contributed by atoms with Crippen molar-refractivity contribution in [2.45, 2.75) is 109 Å². The second-order valence-electron chi connectivity index (χ2n) is 8.13. The van der Waals surface area contributed by atoms with Gasteiger partial charge >= 0.3 is 11.9 Å². The molecule has 1 aromatic rings. The van der Waals surface area contributed by atoms with E-state index in [1.54, 1.807) is 12.1 Å². The normalized spacial score (nSPS) is 13.0. The second kappa shape index (κ2) is 16.9. The molecule has 0 amide bonds. The smallest absolute Gasteiger partial charge is 0.338 e. The van der Waals surface area contributed by atoms with Crippen LogP contribution in [0.5, 0.6) is 0 Å². The van der Waals surface area contributed by atoms with E-state index < -0.39 is 18.2 Å². The number of carboxylic acids is 1. The number of unbranched alkanes of at least 4 members (excludes halogenated alkanes) is 9. The zero-order chi connectivity index (χ0) is 22.0. The molecule has 2 atom stereocenters. The Morgan fingerprint density at radius 3 is 2.00 bits per heavy atom. The van der Waals surface area contributed by atoms with Crippen molar-refractivity contribution in [2.75, 3.05) is 0 Å². The molecule has 0 radical (unpaired) electrons. The number of hydrogen-bond acceptors (Lipinski definition) is 4. The van der Waals surface area contributed by atoms with Crippen LogP contribution in [0.4, 0.5) is 0 Å². The topological polar surface area (TPSA) is 83.8 Å². The molecular formula is C25H40O5. The number of aliphatic carboxylic acids is 1. The highest BCUT2D eigenvalue weighted by molar-refractivity contribution is 5.89. The largest absolute Gasteiger partial charge is 0.481 e. The molecule has 0 heterocycles. The van der Waals surface area contributed by atoms with Crippen LogP contribution in [-0.2, 0) is 9.53 Å². The molecule has 0 saturated carbocycles. The van der Waals surface area contributed by atoms with E-state index in [9.17, 15) is 14.7 Å². The van der Waals surface area contributed by atoms with E-state index in [0.29, 0.717) is 18.4 Å². The number of ether oxygens (including phenoxy) is 1. The number of aliphatic hydroxyl groups is 1. The minimum atomic E-state index is -0.712. The lowest BCUT2D eigenvalue weighted by atomic mass is 9.99. The average molecular weight is 421 g/mol. The lowest BCUT2D eigenvalue weighted by molar-refractivity contribution is -0.137. The van der Waals surface area contributed by atoms with Crippen molar-refractivity contribution in [2.24, 2.45) is 0 Å². The molecule has 0 spiro atoms. The van der Waals surface area contributed by atoms with Gasteiger partial charge in [0.15, 0.2) is 0 Å². The van der Waals surface area contributed by atoms with Crippen LogP contribution in [0.15, 0.2) is 30.3 Å². The summed E-state index contributed by atoms with van der Waals surface area (Å²) in [5.41, 5.74) is 0.522. The molecule has 0 aliphatic carbocycles. The Bertz CT molecular complexity index is 572. The SMILES string of the molecule is CCCCCC(OC(=O)c1ccccc1)C(O)CCCCCCCCCCC(=O)O. The maximum absolute atomic E-state index is 12.4. The second-order valence-corrected chi connectivity index (χ2v) is 8.13. The molecule has 30 heavy (non-hydrogen) atoms. The van der Waals surface area contributed by atoms with Gasteiger partial charge in [-0.3, -0.25) is 4.79 Å². The summed E-state index contributed by atoms with van der Waals surface area (Å²) in [6, 6.07) is 8.95. The van der Waals surface area contributed by atoms with Gasteiger partial charge in [0.1, 0.15) is 6.10 Å². The molecule has 0 fully saturated rings. The summed E-state index contributed by atoms with van der Waals surface area (Å²) in [5.74, 6) is -1.07. The van der Waals surface area contributed by atoms with Crippen molar-refractivity contribution in [3.8, 4) is 0 Å². The molecule has 170 valence electrons. The van der Waals surface area contributed by atoms with E-state index in [1.165, 1.54) is 0 Å². The third-order valence-corrected chi connectivity index (χ3v) is 5.43. The number of rotatable bonds is 18. The van der Waals surface area contributed by atoms with E-state index in [1.807, 2.05) is 18.2 Å². The van der Waals surface area contributed by atoms with Gasteiger partial charge in [0.25, 0.3) is 0 Å². The Balaban J connectivity index is 2.26. The fourth-order valence-electron chi connectivity index (χ4n) is 3.58. The first-order valence-corrected chi connectivity index (χ1v) is 11.7. The quantitative estimate of drug-likeness (QED) is 0.220. The molecule has 2 N–H and O–H groups in total. The molecule has 2 unspecified atom stereocenters. The van der Waals surface area contributed by atoms with E-state index in [2.05, 4.69) is 6.92 Å². The van der Waals surface area contributed by atoms with E-state index in [0.717, 1.165) is 70.6 Å². The standard InChI is InChI=1S/C25H40O5/c1-2-3-11-19-23(30-25(29)21-16-12-10-13-17-21)22(26)18-14-8-6-4-5-7-9-15-20-24(27)28/h10,12-13,16-17,22-23,26H,2-9,11,14-15,18-20H2,1H3,(H,27,28). The van der Waals surface area contributed by atoms with Crippen LogP contribution in [-0.4, -0.2) is 34.4 Å². The zero-order valence-electron chi connectivity index (χ0n) is 18.6. The molecule has 0 saturated heterocycles. The Morgan fingerprint density at radius 2 is 1.40 bits per heavy atom. The maximum atomic E-state index is 12.4. The van der Waals surface area contributed by atoms with Crippen LogP contribution >= 0.6 is 0 Å². The number of esters is 1. The maximum Gasteiger partial charge on any atom is 0.338 e. The lowest BCUT2D eigenvalue weighted by Crippen LogP contribution is -2.31. The molecule has 0 aliphatic heterocycles. The van der Waals surface area contributed by atoms with Gasteiger partial charge in [-0.2, -0.15) is 0 Å². The number of hydrogen-bond donors (Lipinski definition) is 2. The minimum Gasteiger partial charge on any atom is -0.481 e. The van der Waals surface area contributed by atoms with Crippen LogP contribution in [0.3, 0.4) is 0 Å². The van der Waals surface area contributed by atoms with Crippen molar-refractivity contribution in [1.82, 2.24) is 0 Å². The van der Waals surface area contributed by atoms with Gasteiger partial charge in [-0.15, -0.1) is 0 Å². The number of carbonyl (C=O) groups excluding carboxylic acids is 1. The highest BCUT2D eigenvalue weighted by Crippen LogP contribution is 2.18. The molecular weight excluding hydrogens is 380 g/mol. The molecule has 1 rings (SSSR count). The minimum absolute atomic E-state index is 0.270. The summed E-state index contributed by atoms with van der Waals surface area (Å²) < 4.78 is 5.66. The van der Waals surface area contributed by atoms with Gasteiger partial charge in [0, 0.05) is 6.42 Å². The van der Waals surface area contributed by atoms with E-state index in [-0.39, 0.29) is 12.4 Å². The molecule has 0 bridgehead atoms. The lowest BCUT2D eigenvalue weighted by Gasteiger charge is -2.23. The van der Waals surface area contributed by atoms with E-state index >= 15 is 0 Å². The monoisotopic (exact) mass is 420 g/mol. The first kappa shape index (κ1) is 26.2. The molecule has 1 aromatic carbocycles. The predicted molar refractivity (Wildman–Crippen MR) is 120 cm³/mol. The Kier molecular flexibility index (Phi) is 14.7. The van der Waals surface area contributed by atoms with Crippen LogP contribution < -0.4 is 0 Å². The summed E-state index contributed by atoms with van der Waals surface area (Å²) in [6.07, 6.45) is 11.9. The highest BCUT2D eigenvalue weighted by atomic mass is 16.6. The highest BCUT2D eigenvalue weighted by Gasteiger charge is 2.23. The summed E-state index contributed by atoms with van der Waals surface area (Å²) in [5, 5.41) is 19.2. The van der Waals surface area contributed by atoms with Crippen molar-refractivity contribution in [3.05, 3.63) is 35.9 Å². The fraction of sp³-hybridized carbons (Fsp3) is 0.680. The summed E-state index contributed by atoms with van der Waals surface area (Å²) in [7, 11) is 0.